The molecule has 0 spiro atoms. The molecule has 3 N–H and O–H groups in total. The minimum atomic E-state index is -3.49. The van der Waals surface area contributed by atoms with Crippen molar-refractivity contribution in [3.63, 3.8) is 0 Å². The van der Waals surface area contributed by atoms with E-state index < -0.39 is 16.1 Å². The molecule has 0 radical (unpaired) electrons. The number of quaternary nitrogens is 1. The number of halogens is 1. The summed E-state index contributed by atoms with van der Waals surface area (Å²) in [6.07, 6.45) is -0.744. The third-order valence-electron chi connectivity index (χ3n) is 3.62. The highest BCUT2D eigenvalue weighted by molar-refractivity contribution is 9.10. The Labute approximate surface area is 133 Å². The molecule has 1 heterocycles. The van der Waals surface area contributed by atoms with Crippen molar-refractivity contribution >= 4 is 26.0 Å². The van der Waals surface area contributed by atoms with Gasteiger partial charge in [-0.1, -0.05) is 12.1 Å². The van der Waals surface area contributed by atoms with E-state index >= 15 is 0 Å². The molecule has 6 nitrogen and oxygen atoms in total. The lowest BCUT2D eigenvalue weighted by Crippen LogP contribution is -3.15. The highest BCUT2D eigenvalue weighted by atomic mass is 79.9. The van der Waals surface area contributed by atoms with Crippen LogP contribution in [0.4, 0.5) is 0 Å². The predicted molar refractivity (Wildman–Crippen MR) is 81.6 cm³/mol. The first-order valence-corrected chi connectivity index (χ1v) is 9.05. The highest BCUT2D eigenvalue weighted by Crippen LogP contribution is 2.24. The zero-order chi connectivity index (χ0) is 15.5. The van der Waals surface area contributed by atoms with Gasteiger partial charge >= 0.3 is 0 Å². The van der Waals surface area contributed by atoms with E-state index in [-0.39, 0.29) is 11.5 Å². The molecule has 118 valence electrons. The molecule has 1 aromatic rings. The van der Waals surface area contributed by atoms with Gasteiger partial charge in [0.25, 0.3) is 0 Å². The number of hydrogen-bond donors (Lipinski definition) is 3. The summed E-state index contributed by atoms with van der Waals surface area (Å²) in [4.78, 5) is 1.39. The van der Waals surface area contributed by atoms with E-state index in [1.165, 1.54) is 4.31 Å². The van der Waals surface area contributed by atoms with Gasteiger partial charge in [0.15, 0.2) is 0 Å². The Hall–Kier alpha value is -0.510. The van der Waals surface area contributed by atoms with E-state index in [4.69, 9.17) is 5.11 Å². The van der Waals surface area contributed by atoms with E-state index in [0.29, 0.717) is 37.2 Å². The Bertz CT molecular complexity index is 573. The molecule has 1 atom stereocenters. The summed E-state index contributed by atoms with van der Waals surface area (Å²) < 4.78 is 27.2. The van der Waals surface area contributed by atoms with Crippen LogP contribution >= 0.6 is 15.9 Å². The SMILES string of the molecule is O=S(=O)(c1ccccc1Br)N1CC[NH+](C[C@@H](O)CO)CC1. The molecule has 1 aliphatic heterocycles. The maximum atomic E-state index is 12.6. The number of nitrogens with one attached hydrogen (secondary N) is 1. The fraction of sp³-hybridized carbons (Fsp3) is 0.538. The van der Waals surface area contributed by atoms with E-state index in [0.717, 1.165) is 4.90 Å². The zero-order valence-electron chi connectivity index (χ0n) is 11.6. The van der Waals surface area contributed by atoms with Gasteiger partial charge < -0.3 is 15.1 Å². The van der Waals surface area contributed by atoms with Crippen LogP contribution in [0.2, 0.25) is 0 Å². The van der Waals surface area contributed by atoms with E-state index in [1.54, 1.807) is 24.3 Å². The van der Waals surface area contributed by atoms with Gasteiger partial charge in [0, 0.05) is 4.47 Å². The second kappa shape index (κ2) is 7.17. The molecule has 0 aliphatic carbocycles. The Morgan fingerprint density at radius 3 is 2.48 bits per heavy atom. The lowest BCUT2D eigenvalue weighted by atomic mass is 10.3. The summed E-state index contributed by atoms with van der Waals surface area (Å²) in [7, 11) is -3.49. The molecule has 2 rings (SSSR count). The maximum absolute atomic E-state index is 12.6. The molecule has 0 saturated carbocycles. The largest absolute Gasteiger partial charge is 0.393 e. The average molecular weight is 380 g/mol. The zero-order valence-corrected chi connectivity index (χ0v) is 14.0. The Morgan fingerprint density at radius 2 is 1.90 bits per heavy atom. The van der Waals surface area contributed by atoms with Crippen LogP contribution in [0.15, 0.2) is 33.6 Å². The van der Waals surface area contributed by atoms with Gasteiger partial charge in [-0.3, -0.25) is 0 Å². The van der Waals surface area contributed by atoms with Crippen molar-refractivity contribution < 1.29 is 23.5 Å². The van der Waals surface area contributed by atoms with Crippen molar-refractivity contribution in [1.82, 2.24) is 4.31 Å². The molecule has 0 bridgehead atoms. The number of sulfonamides is 1. The summed E-state index contributed by atoms with van der Waals surface area (Å²) in [5.74, 6) is 0. The third-order valence-corrected chi connectivity index (χ3v) is 6.53. The van der Waals surface area contributed by atoms with Gasteiger partial charge in [0.05, 0.1) is 37.7 Å². The summed E-state index contributed by atoms with van der Waals surface area (Å²) in [6.45, 7) is 2.26. The fourth-order valence-corrected chi connectivity index (χ4v) is 4.84. The van der Waals surface area contributed by atoms with Crippen LogP contribution < -0.4 is 4.90 Å². The molecule has 1 saturated heterocycles. The summed E-state index contributed by atoms with van der Waals surface area (Å²) >= 11 is 3.28. The van der Waals surface area contributed by atoms with Gasteiger partial charge in [0.1, 0.15) is 12.6 Å². The molecular formula is C13H20BrN2O4S+. The Balaban J connectivity index is 2.03. The second-order valence-corrected chi connectivity index (χ2v) is 7.89. The Morgan fingerprint density at radius 1 is 1.29 bits per heavy atom. The lowest BCUT2D eigenvalue weighted by Gasteiger charge is -2.32. The minimum Gasteiger partial charge on any atom is -0.393 e. The smallest absolute Gasteiger partial charge is 0.244 e. The number of benzene rings is 1. The lowest BCUT2D eigenvalue weighted by molar-refractivity contribution is -0.906. The highest BCUT2D eigenvalue weighted by Gasteiger charge is 2.31. The van der Waals surface area contributed by atoms with Gasteiger partial charge in [-0.15, -0.1) is 0 Å². The van der Waals surface area contributed by atoms with Crippen LogP contribution in [0.1, 0.15) is 0 Å². The summed E-state index contributed by atoms with van der Waals surface area (Å²) in [5.41, 5.74) is 0. The molecular weight excluding hydrogens is 360 g/mol. The van der Waals surface area contributed by atoms with Crippen molar-refractivity contribution in [2.45, 2.75) is 11.0 Å². The monoisotopic (exact) mass is 379 g/mol. The van der Waals surface area contributed by atoms with Crippen molar-refractivity contribution in [2.24, 2.45) is 0 Å². The van der Waals surface area contributed by atoms with Crippen LogP contribution in [-0.2, 0) is 10.0 Å². The average Bonchev–Trinajstić information content (AvgIpc) is 2.48. The first-order valence-electron chi connectivity index (χ1n) is 6.82. The molecule has 1 aromatic carbocycles. The van der Waals surface area contributed by atoms with Crippen LogP contribution in [-0.4, -0.2) is 68.4 Å². The standard InChI is InChI=1S/C13H19BrN2O4S/c14-12-3-1-2-4-13(12)21(19,20)16-7-5-15(6-8-16)9-11(18)10-17/h1-4,11,17-18H,5-10H2/p+1/t11-/m1/s1. The van der Waals surface area contributed by atoms with Gasteiger partial charge in [-0.2, -0.15) is 4.31 Å². The summed E-state index contributed by atoms with van der Waals surface area (Å²) in [6, 6.07) is 6.79. The topological polar surface area (TPSA) is 82.3 Å². The quantitative estimate of drug-likeness (QED) is 0.593. The summed E-state index contributed by atoms with van der Waals surface area (Å²) in [5, 5.41) is 18.3. The molecule has 1 aliphatic rings. The third kappa shape index (κ3) is 4.02. The molecule has 1 fully saturated rings. The van der Waals surface area contributed by atoms with E-state index in [2.05, 4.69) is 15.9 Å². The van der Waals surface area contributed by atoms with Crippen LogP contribution in [0.5, 0.6) is 0 Å². The van der Waals surface area contributed by atoms with Crippen molar-refractivity contribution in [3.05, 3.63) is 28.7 Å². The van der Waals surface area contributed by atoms with Crippen molar-refractivity contribution in [1.29, 1.82) is 0 Å². The first-order chi connectivity index (χ1) is 9.95. The van der Waals surface area contributed by atoms with Crippen LogP contribution in [0.25, 0.3) is 0 Å². The number of nitrogens with zero attached hydrogens (tertiary/aromatic N) is 1. The van der Waals surface area contributed by atoms with E-state index in [1.807, 2.05) is 0 Å². The van der Waals surface area contributed by atoms with Crippen molar-refractivity contribution in [2.75, 3.05) is 39.3 Å². The molecule has 0 aromatic heterocycles. The second-order valence-electron chi connectivity index (χ2n) is 5.13. The number of piperazine rings is 1. The number of rotatable bonds is 5. The molecule has 0 unspecified atom stereocenters. The minimum absolute atomic E-state index is 0.261. The number of hydrogen-bond acceptors (Lipinski definition) is 4. The maximum Gasteiger partial charge on any atom is 0.244 e. The molecule has 8 heteroatoms. The Kier molecular flexibility index (Phi) is 5.75. The predicted octanol–water partition coefficient (Wildman–Crippen LogP) is -1.31. The van der Waals surface area contributed by atoms with Gasteiger partial charge in [-0.05, 0) is 28.1 Å². The van der Waals surface area contributed by atoms with Crippen LogP contribution in [0.3, 0.4) is 0 Å². The normalized spacial score (nSPS) is 19.6. The number of aliphatic hydroxyl groups excluding tert-OH is 2. The van der Waals surface area contributed by atoms with E-state index in [9.17, 15) is 13.5 Å². The number of aliphatic hydroxyl groups is 2. The van der Waals surface area contributed by atoms with Gasteiger partial charge in [0.2, 0.25) is 10.0 Å². The first kappa shape index (κ1) is 16.9. The van der Waals surface area contributed by atoms with Gasteiger partial charge in [-0.25, -0.2) is 8.42 Å². The molecule has 0 amide bonds. The van der Waals surface area contributed by atoms with Crippen LogP contribution in [0, 0.1) is 0 Å². The molecule has 21 heavy (non-hydrogen) atoms. The van der Waals surface area contributed by atoms with Crippen molar-refractivity contribution in [3.8, 4) is 0 Å². The fourth-order valence-electron chi connectivity index (χ4n) is 2.44.